The molecule has 0 aliphatic carbocycles. The van der Waals surface area contributed by atoms with Crippen molar-refractivity contribution in [1.29, 1.82) is 0 Å². The Morgan fingerprint density at radius 1 is 1.00 bits per heavy atom. The second kappa shape index (κ2) is 4.21. The smallest absolute Gasteiger partial charge is 0.265 e. The van der Waals surface area contributed by atoms with Gasteiger partial charge in [0.05, 0.1) is 9.85 Å². The van der Waals surface area contributed by atoms with Crippen molar-refractivity contribution in [1.82, 2.24) is 0 Å². The van der Waals surface area contributed by atoms with Crippen molar-refractivity contribution in [2.45, 2.75) is 0 Å². The molecule has 0 unspecified atom stereocenters. The van der Waals surface area contributed by atoms with E-state index in [9.17, 15) is 30.3 Å². The number of nitro groups is 3. The van der Waals surface area contributed by atoms with E-state index in [0.717, 1.165) is 24.3 Å². The summed E-state index contributed by atoms with van der Waals surface area (Å²) in [6.07, 6.45) is -1.29. The van der Waals surface area contributed by atoms with Crippen LogP contribution < -0.4 is 0 Å². The van der Waals surface area contributed by atoms with Crippen LogP contribution in [0.2, 0.25) is 0 Å². The minimum atomic E-state index is -1.29. The summed E-state index contributed by atoms with van der Waals surface area (Å²) in [5.74, 6) is 0. The number of benzene rings is 1. The molecule has 16 heavy (non-hydrogen) atoms. The van der Waals surface area contributed by atoms with Gasteiger partial charge in [-0.25, -0.2) is 0 Å². The third-order valence-electron chi connectivity index (χ3n) is 1.66. The standard InChI is InChI=1S/C7H4N3O6/c11-8(12)6-3-1-2-5(4-6)7(9(13)14)10(15)16/h1-4H/q-1. The van der Waals surface area contributed by atoms with E-state index in [-0.39, 0.29) is 0 Å². The van der Waals surface area contributed by atoms with Crippen molar-refractivity contribution in [3.8, 4) is 0 Å². The Balaban J connectivity index is 3.20. The van der Waals surface area contributed by atoms with Gasteiger partial charge < -0.3 is 0 Å². The van der Waals surface area contributed by atoms with Gasteiger partial charge in [-0.1, -0.05) is 6.07 Å². The summed E-state index contributed by atoms with van der Waals surface area (Å²) in [6, 6.07) is 4.07. The Morgan fingerprint density at radius 3 is 2.00 bits per heavy atom. The predicted molar refractivity (Wildman–Crippen MR) is 49.4 cm³/mol. The lowest BCUT2D eigenvalue weighted by atomic mass is 10.1. The first-order valence-corrected chi connectivity index (χ1v) is 3.84. The average molecular weight is 226 g/mol. The quantitative estimate of drug-likeness (QED) is 0.427. The molecule has 0 fully saturated rings. The van der Waals surface area contributed by atoms with Gasteiger partial charge in [-0.05, 0) is 11.6 Å². The number of rotatable bonds is 4. The third-order valence-corrected chi connectivity index (χ3v) is 1.66. The molecule has 0 radical (unpaired) electrons. The highest BCUT2D eigenvalue weighted by molar-refractivity contribution is 5.37. The van der Waals surface area contributed by atoms with E-state index >= 15 is 0 Å². The van der Waals surface area contributed by atoms with Gasteiger partial charge in [0.1, 0.15) is 0 Å². The molecule has 0 amide bonds. The van der Waals surface area contributed by atoms with E-state index < -0.39 is 32.2 Å². The molecule has 0 aromatic heterocycles. The van der Waals surface area contributed by atoms with Crippen molar-refractivity contribution >= 4 is 5.69 Å². The first-order chi connectivity index (χ1) is 7.43. The van der Waals surface area contributed by atoms with E-state index in [2.05, 4.69) is 0 Å². The molecule has 0 aliphatic heterocycles. The second-order valence-corrected chi connectivity index (χ2v) is 2.65. The van der Waals surface area contributed by atoms with Crippen molar-refractivity contribution in [3.05, 3.63) is 66.3 Å². The van der Waals surface area contributed by atoms with Gasteiger partial charge >= 0.3 is 6.17 Å². The van der Waals surface area contributed by atoms with Crippen LogP contribution in [0.5, 0.6) is 0 Å². The lowest BCUT2D eigenvalue weighted by Crippen LogP contribution is -2.20. The monoisotopic (exact) mass is 226 g/mol. The van der Waals surface area contributed by atoms with E-state index in [1.54, 1.807) is 0 Å². The van der Waals surface area contributed by atoms with Crippen LogP contribution >= 0.6 is 0 Å². The summed E-state index contributed by atoms with van der Waals surface area (Å²) in [7, 11) is 0. The Morgan fingerprint density at radius 2 is 1.56 bits per heavy atom. The van der Waals surface area contributed by atoms with Crippen LogP contribution in [-0.2, 0) is 0 Å². The fourth-order valence-electron chi connectivity index (χ4n) is 1.04. The fraction of sp³-hybridized carbons (Fsp3) is 0. The number of nitro benzene ring substituents is 1. The maximum Gasteiger partial charge on any atom is 0.459 e. The molecule has 0 spiro atoms. The minimum absolute atomic E-state index is 0.413. The molecule has 0 saturated carbocycles. The molecule has 0 saturated heterocycles. The van der Waals surface area contributed by atoms with Crippen LogP contribution in [0.3, 0.4) is 0 Å². The molecular formula is C7H4N3O6-. The van der Waals surface area contributed by atoms with Crippen LogP contribution in [0, 0.1) is 36.5 Å². The number of hydrogen-bond donors (Lipinski definition) is 0. The molecule has 1 rings (SSSR count). The van der Waals surface area contributed by atoms with Crippen molar-refractivity contribution < 1.29 is 14.8 Å². The summed E-state index contributed by atoms with van der Waals surface area (Å²) < 4.78 is 0. The zero-order valence-electron chi connectivity index (χ0n) is 7.60. The number of nitrogens with zero attached hydrogens (tertiary/aromatic N) is 3. The molecule has 0 bridgehead atoms. The minimum Gasteiger partial charge on any atom is -0.265 e. The number of hydrogen-bond acceptors (Lipinski definition) is 6. The Kier molecular flexibility index (Phi) is 2.99. The summed E-state index contributed by atoms with van der Waals surface area (Å²) in [6.45, 7) is 0. The zero-order chi connectivity index (χ0) is 12.3. The van der Waals surface area contributed by atoms with E-state index in [0.29, 0.717) is 0 Å². The van der Waals surface area contributed by atoms with Gasteiger partial charge in [-0.15, -0.1) is 12.1 Å². The molecule has 1 aromatic carbocycles. The topological polar surface area (TPSA) is 129 Å². The maximum atomic E-state index is 10.4. The highest BCUT2D eigenvalue weighted by Crippen LogP contribution is 2.20. The van der Waals surface area contributed by atoms with Gasteiger partial charge in [0.2, 0.25) is 5.69 Å². The van der Waals surface area contributed by atoms with Gasteiger partial charge in [-0.2, -0.15) is 0 Å². The highest BCUT2D eigenvalue weighted by atomic mass is 16.7. The first-order valence-electron chi connectivity index (χ1n) is 3.84. The molecule has 0 N–H and O–H groups in total. The maximum absolute atomic E-state index is 10.4. The van der Waals surface area contributed by atoms with Gasteiger partial charge in [0.15, 0.2) is 0 Å². The van der Waals surface area contributed by atoms with Gasteiger partial charge in [0, 0.05) is 4.92 Å². The van der Waals surface area contributed by atoms with Crippen molar-refractivity contribution in [3.63, 3.8) is 0 Å². The molecule has 9 heteroatoms. The summed E-state index contributed by atoms with van der Waals surface area (Å²) in [5.41, 5.74) is -0.858. The molecule has 0 aliphatic rings. The average Bonchev–Trinajstić information content (AvgIpc) is 2.16. The lowest BCUT2D eigenvalue weighted by Gasteiger charge is -2.06. The normalized spacial score (nSPS) is 9.50. The first kappa shape index (κ1) is 11.4. The Bertz CT molecular complexity index is 445. The van der Waals surface area contributed by atoms with E-state index in [1.807, 2.05) is 0 Å². The lowest BCUT2D eigenvalue weighted by molar-refractivity contribution is -0.660. The molecule has 1 aromatic rings. The van der Waals surface area contributed by atoms with Crippen LogP contribution in [-0.4, -0.2) is 14.8 Å². The summed E-state index contributed by atoms with van der Waals surface area (Å²) in [4.78, 5) is 27.9. The predicted octanol–water partition coefficient (Wildman–Crippen LogP) is 0.986. The summed E-state index contributed by atoms with van der Waals surface area (Å²) in [5, 5.41) is 31.1. The van der Waals surface area contributed by atoms with Crippen LogP contribution in [0.4, 0.5) is 5.69 Å². The summed E-state index contributed by atoms with van der Waals surface area (Å²) >= 11 is 0. The Hall–Kier alpha value is -2.71. The third kappa shape index (κ3) is 2.20. The van der Waals surface area contributed by atoms with E-state index in [4.69, 9.17) is 0 Å². The van der Waals surface area contributed by atoms with Crippen LogP contribution in [0.25, 0.3) is 0 Å². The Labute approximate surface area is 87.8 Å². The van der Waals surface area contributed by atoms with Crippen LogP contribution in [0.1, 0.15) is 5.56 Å². The number of non-ortho nitro benzene ring substituents is 1. The van der Waals surface area contributed by atoms with Gasteiger partial charge in [-0.3, -0.25) is 30.3 Å². The highest BCUT2D eigenvalue weighted by Gasteiger charge is 2.31. The van der Waals surface area contributed by atoms with Crippen molar-refractivity contribution in [2.24, 2.45) is 0 Å². The van der Waals surface area contributed by atoms with Gasteiger partial charge in [0.25, 0.3) is 0 Å². The van der Waals surface area contributed by atoms with Crippen molar-refractivity contribution in [2.75, 3.05) is 0 Å². The molecule has 84 valence electrons. The molecular weight excluding hydrogens is 222 g/mol. The second-order valence-electron chi connectivity index (χ2n) is 2.65. The molecule has 9 nitrogen and oxygen atoms in total. The fourth-order valence-corrected chi connectivity index (χ4v) is 1.04. The molecule has 0 heterocycles. The SMILES string of the molecule is O=[N+]([O-])c1cccc([C-]([N+](=O)[O-])[N+](=O)[O-])c1. The zero-order valence-corrected chi connectivity index (χ0v) is 7.60. The molecule has 0 atom stereocenters. The van der Waals surface area contributed by atoms with Crippen LogP contribution in [0.15, 0.2) is 24.3 Å². The van der Waals surface area contributed by atoms with E-state index in [1.165, 1.54) is 0 Å². The largest absolute Gasteiger partial charge is 0.459 e.